The number of hydrogen-bond donors (Lipinski definition) is 1. The van der Waals surface area contributed by atoms with Crippen molar-refractivity contribution in [1.82, 2.24) is 4.98 Å². The van der Waals surface area contributed by atoms with Gasteiger partial charge >= 0.3 is 5.97 Å². The van der Waals surface area contributed by atoms with Crippen molar-refractivity contribution in [3.05, 3.63) is 70.6 Å². The number of ether oxygens (including phenoxy) is 1. The van der Waals surface area contributed by atoms with E-state index in [0.717, 1.165) is 23.2 Å². The van der Waals surface area contributed by atoms with Crippen molar-refractivity contribution in [2.45, 2.75) is 32.3 Å². The molecule has 0 saturated heterocycles. The van der Waals surface area contributed by atoms with Crippen LogP contribution in [0, 0.1) is 0 Å². The average Bonchev–Trinajstić information content (AvgIpc) is 3.16. The number of esters is 1. The summed E-state index contributed by atoms with van der Waals surface area (Å²) in [4.78, 5) is 29.6. The zero-order valence-electron chi connectivity index (χ0n) is 15.7. The highest BCUT2D eigenvalue weighted by atomic mass is 32.1. The minimum absolute atomic E-state index is 0.331. The van der Waals surface area contributed by atoms with E-state index in [-0.39, 0.29) is 5.91 Å². The van der Waals surface area contributed by atoms with E-state index in [0.29, 0.717) is 17.1 Å². The van der Waals surface area contributed by atoms with E-state index < -0.39 is 11.6 Å². The minimum Gasteiger partial charge on any atom is -0.445 e. The molecule has 0 aliphatic carbocycles. The molecule has 2 heterocycles. The molecule has 1 amide bonds. The standard InChI is InChI=1S/C22H20N2O3S/c1-3-14-8-10-15(11-9-14)18-13-28-21(23-18)24-20(26)22(2)12-16-6-4-5-7-17(16)19(25)27-22/h4-11,13H,3,12H2,1-2H3,(H,23,24,26). The Bertz CT molecular complexity index is 1040. The smallest absolute Gasteiger partial charge is 0.339 e. The first kappa shape index (κ1) is 18.4. The Hall–Kier alpha value is -2.99. The minimum atomic E-state index is -1.26. The predicted molar refractivity (Wildman–Crippen MR) is 110 cm³/mol. The molecule has 0 radical (unpaired) electrons. The van der Waals surface area contributed by atoms with Gasteiger partial charge < -0.3 is 4.74 Å². The number of aryl methyl sites for hydroxylation is 1. The number of benzene rings is 2. The van der Waals surface area contributed by atoms with E-state index >= 15 is 0 Å². The van der Waals surface area contributed by atoms with E-state index in [4.69, 9.17) is 4.74 Å². The quantitative estimate of drug-likeness (QED) is 0.665. The molecule has 2 aromatic carbocycles. The number of fused-ring (bicyclic) bond motifs is 1. The van der Waals surface area contributed by atoms with Crippen LogP contribution in [-0.4, -0.2) is 22.5 Å². The van der Waals surface area contributed by atoms with E-state index in [1.54, 1.807) is 19.1 Å². The number of nitrogens with zero attached hydrogens (tertiary/aromatic N) is 1. The second-order valence-electron chi connectivity index (χ2n) is 7.00. The number of carbonyl (C=O) groups excluding carboxylic acids is 2. The zero-order valence-corrected chi connectivity index (χ0v) is 16.5. The van der Waals surface area contributed by atoms with Gasteiger partial charge in [0.1, 0.15) is 0 Å². The van der Waals surface area contributed by atoms with Gasteiger partial charge in [0.25, 0.3) is 5.91 Å². The average molecular weight is 392 g/mol. The summed E-state index contributed by atoms with van der Waals surface area (Å²) in [6.07, 6.45) is 1.32. The highest BCUT2D eigenvalue weighted by Gasteiger charge is 2.42. The third-order valence-electron chi connectivity index (χ3n) is 4.95. The molecule has 3 aromatic rings. The summed E-state index contributed by atoms with van der Waals surface area (Å²) in [6.45, 7) is 3.75. The molecular formula is C22H20N2O3S. The van der Waals surface area contributed by atoms with Gasteiger partial charge in [-0.25, -0.2) is 9.78 Å². The monoisotopic (exact) mass is 392 g/mol. The van der Waals surface area contributed by atoms with Crippen molar-refractivity contribution < 1.29 is 14.3 Å². The molecule has 1 aromatic heterocycles. The molecule has 142 valence electrons. The van der Waals surface area contributed by atoms with Gasteiger partial charge in [0.2, 0.25) is 0 Å². The first-order valence-corrected chi connectivity index (χ1v) is 10.0. The third kappa shape index (κ3) is 3.43. The van der Waals surface area contributed by atoms with Gasteiger partial charge in [-0.1, -0.05) is 49.4 Å². The van der Waals surface area contributed by atoms with E-state index in [2.05, 4.69) is 29.4 Å². The van der Waals surface area contributed by atoms with E-state index in [9.17, 15) is 9.59 Å². The van der Waals surface area contributed by atoms with Crippen LogP contribution in [-0.2, 0) is 22.4 Å². The highest BCUT2D eigenvalue weighted by molar-refractivity contribution is 7.14. The predicted octanol–water partition coefficient (Wildman–Crippen LogP) is 4.48. The molecule has 1 unspecified atom stereocenters. The summed E-state index contributed by atoms with van der Waals surface area (Å²) < 4.78 is 5.48. The number of anilines is 1. The number of rotatable bonds is 4. The Kier molecular flexibility index (Phi) is 4.73. The maximum atomic E-state index is 12.9. The van der Waals surface area contributed by atoms with Crippen molar-refractivity contribution in [1.29, 1.82) is 0 Å². The van der Waals surface area contributed by atoms with Crippen LogP contribution in [0.4, 0.5) is 5.13 Å². The lowest BCUT2D eigenvalue weighted by Crippen LogP contribution is -2.48. The van der Waals surface area contributed by atoms with Gasteiger partial charge in [0, 0.05) is 17.4 Å². The van der Waals surface area contributed by atoms with Crippen molar-refractivity contribution in [3.63, 3.8) is 0 Å². The van der Waals surface area contributed by atoms with Crippen LogP contribution in [0.3, 0.4) is 0 Å². The van der Waals surface area contributed by atoms with Gasteiger partial charge in [-0.3, -0.25) is 10.1 Å². The lowest BCUT2D eigenvalue weighted by Gasteiger charge is -2.32. The molecule has 6 heteroatoms. The summed E-state index contributed by atoms with van der Waals surface area (Å²) in [5.41, 5.74) is 3.13. The number of nitrogens with one attached hydrogen (secondary N) is 1. The van der Waals surface area contributed by atoms with Crippen LogP contribution >= 0.6 is 11.3 Å². The normalized spacial score (nSPS) is 18.3. The molecule has 0 fully saturated rings. The molecule has 1 aliphatic rings. The molecule has 0 spiro atoms. The number of thiazole rings is 1. The topological polar surface area (TPSA) is 68.3 Å². The summed E-state index contributed by atoms with van der Waals surface area (Å²) >= 11 is 1.35. The second kappa shape index (κ2) is 7.20. The zero-order chi connectivity index (χ0) is 19.7. The second-order valence-corrected chi connectivity index (χ2v) is 7.85. The van der Waals surface area contributed by atoms with Crippen LogP contribution in [0.25, 0.3) is 11.3 Å². The maximum Gasteiger partial charge on any atom is 0.339 e. The Labute approximate surface area is 167 Å². The lowest BCUT2D eigenvalue weighted by molar-refractivity contribution is -0.134. The first-order valence-electron chi connectivity index (χ1n) is 9.16. The van der Waals surface area contributed by atoms with Crippen molar-refractivity contribution in [2.75, 3.05) is 5.32 Å². The molecule has 0 saturated carbocycles. The van der Waals surface area contributed by atoms with Gasteiger partial charge in [-0.2, -0.15) is 0 Å². The van der Waals surface area contributed by atoms with Crippen LogP contribution in [0.1, 0.15) is 35.3 Å². The van der Waals surface area contributed by atoms with E-state index in [1.807, 2.05) is 29.6 Å². The Morgan fingerprint density at radius 1 is 1.21 bits per heavy atom. The van der Waals surface area contributed by atoms with Gasteiger partial charge in [0.15, 0.2) is 10.7 Å². The Morgan fingerprint density at radius 3 is 2.71 bits per heavy atom. The third-order valence-corrected chi connectivity index (χ3v) is 5.70. The largest absolute Gasteiger partial charge is 0.445 e. The number of carbonyl (C=O) groups is 2. The van der Waals surface area contributed by atoms with Gasteiger partial charge in [-0.05, 0) is 30.5 Å². The fourth-order valence-electron chi connectivity index (χ4n) is 3.26. The Morgan fingerprint density at radius 2 is 1.96 bits per heavy atom. The van der Waals surface area contributed by atoms with Crippen LogP contribution in [0.5, 0.6) is 0 Å². The number of amides is 1. The lowest BCUT2D eigenvalue weighted by atomic mass is 9.89. The summed E-state index contributed by atoms with van der Waals surface area (Å²) in [7, 11) is 0. The molecule has 0 bridgehead atoms. The molecule has 1 atom stereocenters. The highest BCUT2D eigenvalue weighted by Crippen LogP contribution is 2.31. The van der Waals surface area contributed by atoms with Crippen LogP contribution < -0.4 is 5.32 Å². The van der Waals surface area contributed by atoms with Crippen molar-refractivity contribution >= 4 is 28.3 Å². The SMILES string of the molecule is CCc1ccc(-c2csc(NC(=O)C3(C)Cc4ccccc4C(=O)O3)n2)cc1. The van der Waals surface area contributed by atoms with Gasteiger partial charge in [0.05, 0.1) is 11.3 Å². The molecule has 1 aliphatic heterocycles. The molecule has 28 heavy (non-hydrogen) atoms. The Balaban J connectivity index is 1.51. The molecular weight excluding hydrogens is 372 g/mol. The molecule has 5 nitrogen and oxygen atoms in total. The fraction of sp³-hybridized carbons (Fsp3) is 0.227. The molecule has 1 N–H and O–H groups in total. The van der Waals surface area contributed by atoms with E-state index in [1.165, 1.54) is 16.9 Å². The fourth-order valence-corrected chi connectivity index (χ4v) is 3.98. The first-order chi connectivity index (χ1) is 13.5. The number of aromatic nitrogens is 1. The van der Waals surface area contributed by atoms with Crippen LogP contribution in [0.2, 0.25) is 0 Å². The summed E-state index contributed by atoms with van der Waals surface area (Å²) in [6, 6.07) is 15.4. The molecule has 4 rings (SSSR count). The van der Waals surface area contributed by atoms with Crippen LogP contribution in [0.15, 0.2) is 53.9 Å². The van der Waals surface area contributed by atoms with Crippen molar-refractivity contribution in [3.8, 4) is 11.3 Å². The van der Waals surface area contributed by atoms with Gasteiger partial charge in [-0.15, -0.1) is 11.3 Å². The maximum absolute atomic E-state index is 12.9. The summed E-state index contributed by atoms with van der Waals surface area (Å²) in [5, 5.41) is 5.19. The number of cyclic esters (lactones) is 1. The number of hydrogen-bond acceptors (Lipinski definition) is 5. The summed E-state index contributed by atoms with van der Waals surface area (Å²) in [5.74, 6) is -0.854. The van der Waals surface area contributed by atoms with Crippen molar-refractivity contribution in [2.24, 2.45) is 0 Å².